The normalized spacial score (nSPS) is 22.4. The first-order valence-corrected chi connectivity index (χ1v) is 9.20. The average molecular weight is 340 g/mol. The molecule has 26 heavy (non-hydrogen) atoms. The van der Waals surface area contributed by atoms with Crippen LogP contribution in [0.2, 0.25) is 0 Å². The molecule has 1 heterocycles. The Kier molecular flexibility index (Phi) is 3.59. The van der Waals surface area contributed by atoms with Crippen LogP contribution in [0.1, 0.15) is 51.0 Å². The van der Waals surface area contributed by atoms with E-state index in [1.54, 1.807) is 12.3 Å². The first kappa shape index (κ1) is 15.3. The minimum atomic E-state index is -0.0892. The number of amides is 1. The van der Waals surface area contributed by atoms with E-state index in [-0.39, 0.29) is 5.91 Å². The van der Waals surface area contributed by atoms with Gasteiger partial charge in [0.2, 0.25) is 0 Å². The second-order valence-corrected chi connectivity index (χ2v) is 7.21. The molecule has 128 valence electrons. The lowest BCUT2D eigenvalue weighted by Crippen LogP contribution is -2.39. The molecule has 0 saturated heterocycles. The second kappa shape index (κ2) is 6.10. The Morgan fingerprint density at radius 3 is 2.12 bits per heavy atom. The van der Waals surface area contributed by atoms with Crippen molar-refractivity contribution in [1.29, 1.82) is 0 Å². The molecule has 2 aromatic carbocycles. The zero-order valence-electron chi connectivity index (χ0n) is 14.4. The standard InChI is InChI=1S/C23H20N2O/c26-23(21-11-5-6-12-24-21)25-14-15-13-20-16-7-1-3-9-18(16)22(15)19-10-4-2-8-17(19)20/h1-12,15,20,22H,13-14H2,(H,25,26). The summed E-state index contributed by atoms with van der Waals surface area (Å²) in [5.41, 5.74) is 6.26. The Bertz CT molecular complexity index is 919. The van der Waals surface area contributed by atoms with Crippen LogP contribution in [-0.2, 0) is 0 Å². The van der Waals surface area contributed by atoms with E-state index in [9.17, 15) is 4.79 Å². The third-order valence-electron chi connectivity index (χ3n) is 5.85. The van der Waals surface area contributed by atoms with E-state index >= 15 is 0 Å². The quantitative estimate of drug-likeness (QED) is 0.780. The molecule has 0 saturated carbocycles. The highest BCUT2D eigenvalue weighted by Crippen LogP contribution is 2.55. The number of fused-ring (bicyclic) bond motifs is 1. The zero-order valence-corrected chi connectivity index (χ0v) is 14.4. The van der Waals surface area contributed by atoms with Crippen molar-refractivity contribution in [3.05, 3.63) is 101 Å². The van der Waals surface area contributed by atoms with Crippen LogP contribution in [0.3, 0.4) is 0 Å². The number of pyridine rings is 1. The summed E-state index contributed by atoms with van der Waals surface area (Å²) in [5, 5.41) is 3.11. The smallest absolute Gasteiger partial charge is 0.269 e. The molecule has 1 N–H and O–H groups in total. The number of hydrogen-bond donors (Lipinski definition) is 1. The SMILES string of the molecule is O=C(NCC1CC2c3ccccc3C1c1ccccc12)c1ccccn1. The van der Waals surface area contributed by atoms with Gasteiger partial charge in [0.1, 0.15) is 5.69 Å². The van der Waals surface area contributed by atoms with Gasteiger partial charge in [-0.3, -0.25) is 9.78 Å². The van der Waals surface area contributed by atoms with Crippen molar-refractivity contribution in [2.75, 3.05) is 6.54 Å². The molecule has 1 unspecified atom stereocenters. The van der Waals surface area contributed by atoms with Gasteiger partial charge < -0.3 is 5.32 Å². The lowest BCUT2D eigenvalue weighted by atomic mass is 9.59. The highest BCUT2D eigenvalue weighted by atomic mass is 16.1. The highest BCUT2D eigenvalue weighted by molar-refractivity contribution is 5.92. The summed E-state index contributed by atoms with van der Waals surface area (Å²) in [5.74, 6) is 1.12. The van der Waals surface area contributed by atoms with Crippen molar-refractivity contribution in [2.45, 2.75) is 18.3 Å². The van der Waals surface area contributed by atoms with Crippen LogP contribution in [0.15, 0.2) is 72.9 Å². The fraction of sp³-hybridized carbons (Fsp3) is 0.217. The molecule has 2 bridgehead atoms. The van der Waals surface area contributed by atoms with E-state index in [1.165, 1.54) is 22.3 Å². The lowest BCUT2D eigenvalue weighted by Gasteiger charge is -2.45. The van der Waals surface area contributed by atoms with Gasteiger partial charge >= 0.3 is 0 Å². The number of nitrogens with one attached hydrogen (secondary N) is 1. The van der Waals surface area contributed by atoms with Gasteiger partial charge in [-0.05, 0) is 46.7 Å². The summed E-state index contributed by atoms with van der Waals surface area (Å²) >= 11 is 0. The van der Waals surface area contributed by atoms with Crippen molar-refractivity contribution in [3.63, 3.8) is 0 Å². The molecule has 0 aliphatic heterocycles. The van der Waals surface area contributed by atoms with Crippen molar-refractivity contribution in [1.82, 2.24) is 10.3 Å². The predicted molar refractivity (Wildman–Crippen MR) is 101 cm³/mol. The van der Waals surface area contributed by atoms with E-state index in [0.717, 1.165) is 6.42 Å². The maximum Gasteiger partial charge on any atom is 0.269 e. The summed E-state index contributed by atoms with van der Waals surface area (Å²) < 4.78 is 0. The van der Waals surface area contributed by atoms with Gasteiger partial charge in [0.25, 0.3) is 5.91 Å². The molecule has 3 aliphatic carbocycles. The number of aromatic nitrogens is 1. The number of rotatable bonds is 3. The molecule has 1 aromatic heterocycles. The summed E-state index contributed by atoms with van der Waals surface area (Å²) in [7, 11) is 0. The van der Waals surface area contributed by atoms with Gasteiger partial charge in [-0.2, -0.15) is 0 Å². The minimum Gasteiger partial charge on any atom is -0.350 e. The summed E-state index contributed by atoms with van der Waals surface area (Å²) in [4.78, 5) is 16.6. The highest BCUT2D eigenvalue weighted by Gasteiger charge is 2.42. The second-order valence-electron chi connectivity index (χ2n) is 7.21. The van der Waals surface area contributed by atoms with Crippen molar-refractivity contribution < 1.29 is 4.79 Å². The molecule has 0 radical (unpaired) electrons. The minimum absolute atomic E-state index is 0.0892. The first-order chi connectivity index (χ1) is 12.8. The molecule has 3 aromatic rings. The topological polar surface area (TPSA) is 42.0 Å². The zero-order chi connectivity index (χ0) is 17.5. The van der Waals surface area contributed by atoms with Gasteiger partial charge in [0.15, 0.2) is 0 Å². The number of benzene rings is 2. The van der Waals surface area contributed by atoms with Crippen LogP contribution in [0, 0.1) is 5.92 Å². The van der Waals surface area contributed by atoms with Crippen LogP contribution in [-0.4, -0.2) is 17.4 Å². The predicted octanol–water partition coefficient (Wildman–Crippen LogP) is 4.11. The Labute approximate surface area is 153 Å². The van der Waals surface area contributed by atoms with Gasteiger partial charge in [0, 0.05) is 24.6 Å². The van der Waals surface area contributed by atoms with E-state index < -0.39 is 0 Å². The van der Waals surface area contributed by atoms with E-state index in [0.29, 0.717) is 30.0 Å². The summed E-state index contributed by atoms with van der Waals surface area (Å²) in [6, 6.07) is 23.0. The first-order valence-electron chi connectivity index (χ1n) is 9.20. The van der Waals surface area contributed by atoms with E-state index in [2.05, 4.69) is 58.8 Å². The number of carbonyl (C=O) groups is 1. The van der Waals surface area contributed by atoms with Crippen molar-refractivity contribution in [3.8, 4) is 0 Å². The van der Waals surface area contributed by atoms with Crippen LogP contribution < -0.4 is 5.32 Å². The summed E-state index contributed by atoms with van der Waals surface area (Å²) in [6.07, 6.45) is 2.74. The molecule has 3 heteroatoms. The van der Waals surface area contributed by atoms with Gasteiger partial charge in [0.05, 0.1) is 0 Å². The number of nitrogens with zero attached hydrogens (tertiary/aromatic N) is 1. The fourth-order valence-electron chi connectivity index (χ4n) is 4.77. The average Bonchev–Trinajstić information content (AvgIpc) is 2.73. The van der Waals surface area contributed by atoms with Crippen molar-refractivity contribution in [2.24, 2.45) is 5.92 Å². The third-order valence-corrected chi connectivity index (χ3v) is 5.85. The Hall–Kier alpha value is -2.94. The molecular formula is C23H20N2O. The maximum absolute atomic E-state index is 12.4. The lowest BCUT2D eigenvalue weighted by molar-refractivity contribution is 0.0938. The van der Waals surface area contributed by atoms with Crippen molar-refractivity contribution >= 4 is 5.91 Å². The van der Waals surface area contributed by atoms with Crippen LogP contribution in [0.25, 0.3) is 0 Å². The largest absolute Gasteiger partial charge is 0.350 e. The Morgan fingerprint density at radius 1 is 0.885 bits per heavy atom. The molecule has 1 amide bonds. The molecule has 0 spiro atoms. The number of hydrogen-bond acceptors (Lipinski definition) is 2. The van der Waals surface area contributed by atoms with Crippen LogP contribution in [0.4, 0.5) is 0 Å². The van der Waals surface area contributed by atoms with Gasteiger partial charge in [-0.1, -0.05) is 54.6 Å². The fourth-order valence-corrected chi connectivity index (χ4v) is 4.77. The van der Waals surface area contributed by atoms with Crippen LogP contribution >= 0.6 is 0 Å². The third kappa shape index (κ3) is 2.35. The van der Waals surface area contributed by atoms with Gasteiger partial charge in [-0.25, -0.2) is 0 Å². The Morgan fingerprint density at radius 2 is 1.50 bits per heavy atom. The van der Waals surface area contributed by atoms with Crippen LogP contribution in [0.5, 0.6) is 0 Å². The monoisotopic (exact) mass is 340 g/mol. The summed E-state index contributed by atoms with van der Waals surface area (Å²) in [6.45, 7) is 0.680. The molecule has 3 aliphatic rings. The molecule has 3 nitrogen and oxygen atoms in total. The maximum atomic E-state index is 12.4. The van der Waals surface area contributed by atoms with Gasteiger partial charge in [-0.15, -0.1) is 0 Å². The Balaban J connectivity index is 1.45. The number of carbonyl (C=O) groups excluding carboxylic acids is 1. The molecule has 6 rings (SSSR count). The van der Waals surface area contributed by atoms with E-state index in [4.69, 9.17) is 0 Å². The van der Waals surface area contributed by atoms with E-state index in [1.807, 2.05) is 12.1 Å². The molecule has 0 fully saturated rings. The molecular weight excluding hydrogens is 320 g/mol. The molecule has 1 atom stereocenters.